The summed E-state index contributed by atoms with van der Waals surface area (Å²) >= 11 is 3.47. The van der Waals surface area contributed by atoms with E-state index < -0.39 is 0 Å². The Balaban J connectivity index is 2.54. The molecule has 0 amide bonds. The van der Waals surface area contributed by atoms with Gasteiger partial charge >= 0.3 is 0 Å². The van der Waals surface area contributed by atoms with Crippen LogP contribution in [0.4, 0.5) is 0 Å². The highest BCUT2D eigenvalue weighted by atomic mass is 79.9. The van der Waals surface area contributed by atoms with Crippen LogP contribution in [0.5, 0.6) is 0 Å². The van der Waals surface area contributed by atoms with Crippen LogP contribution in [-0.2, 0) is 6.42 Å². The average molecular weight is 254 g/mol. The van der Waals surface area contributed by atoms with Gasteiger partial charge in [0.2, 0.25) is 0 Å². The van der Waals surface area contributed by atoms with Crippen molar-refractivity contribution in [2.45, 2.75) is 25.1 Å². The van der Waals surface area contributed by atoms with Crippen molar-refractivity contribution in [3.8, 4) is 0 Å². The van der Waals surface area contributed by atoms with Crippen LogP contribution in [0.1, 0.15) is 29.9 Å². The van der Waals surface area contributed by atoms with E-state index in [9.17, 15) is 4.79 Å². The molecule has 1 aromatic rings. The molecule has 2 rings (SSSR count). The molecule has 0 N–H and O–H groups in total. The number of ketones is 1. The minimum absolute atomic E-state index is 0.0432. The zero-order valence-corrected chi connectivity index (χ0v) is 9.84. The number of halogens is 1. The third kappa shape index (κ3) is 1.40. The lowest BCUT2D eigenvalue weighted by atomic mass is 9.75. The minimum atomic E-state index is -0.0910. The summed E-state index contributed by atoms with van der Waals surface area (Å²) in [6, 6.07) is 3.67. The zero-order chi connectivity index (χ0) is 10.3. The molecule has 0 bridgehead atoms. The smallest absolute Gasteiger partial charge is 0.178 e. The molecular formula is C11H12BrNO. The van der Waals surface area contributed by atoms with Crippen molar-refractivity contribution in [3.63, 3.8) is 0 Å². The van der Waals surface area contributed by atoms with Crippen molar-refractivity contribution in [2.24, 2.45) is 5.41 Å². The summed E-state index contributed by atoms with van der Waals surface area (Å²) in [5.74, 6) is 0.157. The highest BCUT2D eigenvalue weighted by Crippen LogP contribution is 2.38. The van der Waals surface area contributed by atoms with Crippen molar-refractivity contribution in [1.29, 1.82) is 0 Å². The van der Waals surface area contributed by atoms with E-state index in [2.05, 4.69) is 34.8 Å². The summed E-state index contributed by atoms with van der Waals surface area (Å²) < 4.78 is 0. The molecule has 2 nitrogen and oxygen atoms in total. The fourth-order valence-electron chi connectivity index (χ4n) is 1.82. The Bertz CT molecular complexity index is 387. The van der Waals surface area contributed by atoms with Gasteiger partial charge in [0.25, 0.3) is 0 Å². The lowest BCUT2D eigenvalue weighted by Crippen LogP contribution is -2.39. The summed E-state index contributed by atoms with van der Waals surface area (Å²) in [5.41, 5.74) is 1.66. The van der Waals surface area contributed by atoms with Crippen LogP contribution in [-0.4, -0.2) is 15.6 Å². The Morgan fingerprint density at radius 3 is 3.00 bits per heavy atom. The number of hydrogen-bond donors (Lipinski definition) is 0. The predicted molar refractivity (Wildman–Crippen MR) is 58.8 cm³/mol. The van der Waals surface area contributed by atoms with Gasteiger partial charge in [-0.15, -0.1) is 0 Å². The molecule has 0 aromatic carbocycles. The van der Waals surface area contributed by atoms with Gasteiger partial charge in [-0.05, 0) is 24.0 Å². The molecule has 3 heteroatoms. The number of nitrogens with zero attached hydrogens (tertiary/aromatic N) is 1. The number of pyridine rings is 1. The zero-order valence-electron chi connectivity index (χ0n) is 8.25. The molecule has 1 atom stereocenters. The van der Waals surface area contributed by atoms with Gasteiger partial charge in [-0.1, -0.05) is 29.8 Å². The van der Waals surface area contributed by atoms with Crippen molar-refractivity contribution in [2.75, 3.05) is 0 Å². The second-order valence-corrected chi connectivity index (χ2v) is 5.31. The van der Waals surface area contributed by atoms with Crippen molar-refractivity contribution in [1.82, 2.24) is 4.98 Å². The Kier molecular flexibility index (Phi) is 2.22. The SMILES string of the molecule is CC1(C)Cc2ncccc2C(=O)C1Br. The van der Waals surface area contributed by atoms with E-state index in [0.717, 1.165) is 17.7 Å². The van der Waals surface area contributed by atoms with Crippen LogP contribution in [0.25, 0.3) is 0 Å². The lowest BCUT2D eigenvalue weighted by molar-refractivity contribution is 0.0927. The molecule has 0 fully saturated rings. The molecule has 0 spiro atoms. The summed E-state index contributed by atoms with van der Waals surface area (Å²) in [4.78, 5) is 16.1. The number of hydrogen-bond acceptors (Lipinski definition) is 2. The topological polar surface area (TPSA) is 30.0 Å². The first-order valence-electron chi connectivity index (χ1n) is 4.64. The van der Waals surface area contributed by atoms with Gasteiger partial charge in [-0.25, -0.2) is 0 Å². The van der Waals surface area contributed by atoms with E-state index >= 15 is 0 Å². The quantitative estimate of drug-likeness (QED) is 0.666. The van der Waals surface area contributed by atoms with Gasteiger partial charge in [0.05, 0.1) is 10.5 Å². The molecule has 1 aliphatic rings. The molecule has 74 valence electrons. The highest BCUT2D eigenvalue weighted by Gasteiger charge is 2.39. The van der Waals surface area contributed by atoms with Gasteiger partial charge in [0.15, 0.2) is 5.78 Å². The highest BCUT2D eigenvalue weighted by molar-refractivity contribution is 9.10. The van der Waals surface area contributed by atoms with E-state index in [4.69, 9.17) is 0 Å². The summed E-state index contributed by atoms with van der Waals surface area (Å²) in [6.07, 6.45) is 2.60. The Morgan fingerprint density at radius 2 is 2.29 bits per heavy atom. The molecular weight excluding hydrogens is 242 g/mol. The van der Waals surface area contributed by atoms with Crippen LogP contribution >= 0.6 is 15.9 Å². The fraction of sp³-hybridized carbons (Fsp3) is 0.455. The Morgan fingerprint density at radius 1 is 1.57 bits per heavy atom. The molecule has 1 aromatic heterocycles. The first kappa shape index (κ1) is 9.84. The number of fused-ring (bicyclic) bond motifs is 1. The van der Waals surface area contributed by atoms with Crippen LogP contribution < -0.4 is 0 Å². The van der Waals surface area contributed by atoms with E-state index in [-0.39, 0.29) is 16.0 Å². The first-order chi connectivity index (χ1) is 6.52. The third-order valence-corrected chi connectivity index (χ3v) is 4.35. The number of carbonyl (C=O) groups excluding carboxylic acids is 1. The maximum absolute atomic E-state index is 11.9. The molecule has 0 aliphatic heterocycles. The third-order valence-electron chi connectivity index (χ3n) is 2.70. The van der Waals surface area contributed by atoms with Gasteiger partial charge < -0.3 is 0 Å². The number of Topliss-reactive ketones (excluding diaryl/α,β-unsaturated/α-hetero) is 1. The average Bonchev–Trinajstić information content (AvgIpc) is 2.14. The van der Waals surface area contributed by atoms with Gasteiger partial charge in [-0.3, -0.25) is 9.78 Å². The number of carbonyl (C=O) groups is 1. The largest absolute Gasteiger partial charge is 0.293 e. The number of alkyl halides is 1. The first-order valence-corrected chi connectivity index (χ1v) is 5.56. The van der Waals surface area contributed by atoms with E-state index in [1.165, 1.54) is 0 Å². The summed E-state index contributed by atoms with van der Waals surface area (Å²) in [6.45, 7) is 4.17. The standard InChI is InChI=1S/C11H12BrNO/c1-11(2)6-8-7(4-3-5-13-8)9(14)10(11)12/h3-5,10H,6H2,1-2H3. The predicted octanol–water partition coefficient (Wildman–Crippen LogP) is 2.61. The van der Waals surface area contributed by atoms with Crippen molar-refractivity contribution >= 4 is 21.7 Å². The summed E-state index contributed by atoms with van der Waals surface area (Å²) in [7, 11) is 0. The van der Waals surface area contributed by atoms with Crippen LogP contribution in [0.2, 0.25) is 0 Å². The molecule has 14 heavy (non-hydrogen) atoms. The van der Waals surface area contributed by atoms with E-state index in [1.807, 2.05) is 12.1 Å². The minimum Gasteiger partial charge on any atom is -0.293 e. The van der Waals surface area contributed by atoms with Gasteiger partial charge in [0.1, 0.15) is 0 Å². The summed E-state index contributed by atoms with van der Waals surface area (Å²) in [5, 5.41) is 0. The molecule has 0 radical (unpaired) electrons. The monoisotopic (exact) mass is 253 g/mol. The second kappa shape index (κ2) is 3.16. The normalized spacial score (nSPS) is 24.5. The molecule has 0 saturated carbocycles. The Hall–Kier alpha value is -0.700. The van der Waals surface area contributed by atoms with Gasteiger partial charge in [0, 0.05) is 11.8 Å². The number of aromatic nitrogens is 1. The van der Waals surface area contributed by atoms with Gasteiger partial charge in [-0.2, -0.15) is 0 Å². The van der Waals surface area contributed by atoms with Crippen molar-refractivity contribution < 1.29 is 4.79 Å². The molecule has 1 aliphatic carbocycles. The van der Waals surface area contributed by atoms with E-state index in [0.29, 0.717) is 0 Å². The molecule has 0 saturated heterocycles. The Labute approximate surface area is 91.9 Å². The van der Waals surface area contributed by atoms with Crippen LogP contribution in [0.3, 0.4) is 0 Å². The molecule has 1 unspecified atom stereocenters. The lowest BCUT2D eigenvalue weighted by Gasteiger charge is -2.34. The maximum Gasteiger partial charge on any atom is 0.178 e. The van der Waals surface area contributed by atoms with Crippen LogP contribution in [0, 0.1) is 5.41 Å². The number of rotatable bonds is 0. The second-order valence-electron chi connectivity index (χ2n) is 4.39. The maximum atomic E-state index is 11.9. The molecule has 1 heterocycles. The fourth-order valence-corrected chi connectivity index (χ4v) is 2.22. The van der Waals surface area contributed by atoms with Crippen molar-refractivity contribution in [3.05, 3.63) is 29.6 Å². The van der Waals surface area contributed by atoms with Crippen LogP contribution in [0.15, 0.2) is 18.3 Å². The van der Waals surface area contributed by atoms with E-state index in [1.54, 1.807) is 6.20 Å².